The molecule has 106 valence electrons. The lowest BCUT2D eigenvalue weighted by Crippen LogP contribution is -2.57. The quantitative estimate of drug-likeness (QED) is 0.720. The maximum atomic E-state index is 11.7. The number of amides is 1. The highest BCUT2D eigenvalue weighted by Gasteiger charge is 2.41. The molecule has 1 atom stereocenters. The molecule has 0 fully saturated rings. The normalized spacial score (nSPS) is 13.9. The van der Waals surface area contributed by atoms with Gasteiger partial charge in [0.2, 0.25) is 5.91 Å². The summed E-state index contributed by atoms with van der Waals surface area (Å²) in [4.78, 5) is 11.7. The zero-order valence-corrected chi connectivity index (χ0v) is 11.6. The van der Waals surface area contributed by atoms with Crippen LogP contribution in [-0.4, -0.2) is 39.1 Å². The van der Waals surface area contributed by atoms with Gasteiger partial charge in [-0.05, 0) is 31.2 Å². The molecule has 0 bridgehead atoms. The largest absolute Gasteiger partial charge is 0.497 e. The molecule has 0 saturated carbocycles. The van der Waals surface area contributed by atoms with E-state index in [1.54, 1.807) is 38.3 Å². The van der Waals surface area contributed by atoms with Crippen LogP contribution in [0.4, 0.5) is 5.69 Å². The van der Waals surface area contributed by atoms with Gasteiger partial charge in [0.05, 0.1) is 7.11 Å². The molecule has 0 spiro atoms. The minimum atomic E-state index is -1.18. The fraction of sp³-hybridized carbons (Fsp3) is 0.462. The van der Waals surface area contributed by atoms with Crippen molar-refractivity contribution in [3.05, 3.63) is 24.3 Å². The predicted octanol–water partition coefficient (Wildman–Crippen LogP) is 0.970. The third kappa shape index (κ3) is 3.36. The van der Waals surface area contributed by atoms with Crippen LogP contribution in [0.2, 0.25) is 0 Å². The summed E-state index contributed by atoms with van der Waals surface area (Å²) in [5.74, 6) is 0.151. The van der Waals surface area contributed by atoms with Gasteiger partial charge in [0.25, 0.3) is 0 Å². The molecule has 0 aliphatic rings. The summed E-state index contributed by atoms with van der Waals surface area (Å²) >= 11 is 0. The van der Waals surface area contributed by atoms with E-state index in [0.29, 0.717) is 5.69 Å². The molecule has 0 aromatic heterocycles. The Morgan fingerprint density at radius 2 is 1.74 bits per heavy atom. The second-order valence-electron chi connectivity index (χ2n) is 4.22. The number of benzene rings is 1. The van der Waals surface area contributed by atoms with Gasteiger partial charge in [-0.2, -0.15) is 0 Å². The Kier molecular flexibility index (Phi) is 5.14. The number of carbonyl (C=O) groups is 1. The standard InChI is InChI=1S/C13H20N2O4/c1-13(11(14)16,12(18-3)19-4)15-9-5-7-10(17-2)8-6-9/h5-8,12,15H,1-4H3,(H2,14,16). The molecule has 1 unspecified atom stereocenters. The average molecular weight is 268 g/mol. The first kappa shape index (κ1) is 15.3. The van der Waals surface area contributed by atoms with E-state index >= 15 is 0 Å². The van der Waals surface area contributed by atoms with Crippen molar-refractivity contribution in [2.75, 3.05) is 26.6 Å². The van der Waals surface area contributed by atoms with Gasteiger partial charge in [0, 0.05) is 19.9 Å². The summed E-state index contributed by atoms with van der Waals surface area (Å²) in [7, 11) is 4.48. The first-order valence-electron chi connectivity index (χ1n) is 5.75. The second-order valence-corrected chi connectivity index (χ2v) is 4.22. The van der Waals surface area contributed by atoms with Crippen LogP contribution in [0.5, 0.6) is 5.75 Å². The van der Waals surface area contributed by atoms with E-state index < -0.39 is 17.7 Å². The van der Waals surface area contributed by atoms with Crippen LogP contribution in [-0.2, 0) is 14.3 Å². The molecule has 1 amide bonds. The molecule has 1 aromatic rings. The number of nitrogens with two attached hydrogens (primary N) is 1. The van der Waals surface area contributed by atoms with Gasteiger partial charge in [-0.25, -0.2) is 0 Å². The van der Waals surface area contributed by atoms with Crippen LogP contribution in [0.1, 0.15) is 6.92 Å². The molecule has 19 heavy (non-hydrogen) atoms. The first-order valence-corrected chi connectivity index (χ1v) is 5.75. The van der Waals surface area contributed by atoms with Crippen LogP contribution in [0, 0.1) is 0 Å². The number of nitrogens with one attached hydrogen (secondary N) is 1. The molecule has 0 radical (unpaired) electrons. The van der Waals surface area contributed by atoms with E-state index in [1.807, 2.05) is 0 Å². The number of hydrogen-bond donors (Lipinski definition) is 2. The summed E-state index contributed by atoms with van der Waals surface area (Å²) in [6.45, 7) is 1.62. The van der Waals surface area contributed by atoms with Crippen LogP contribution < -0.4 is 15.8 Å². The number of primary amides is 1. The maximum Gasteiger partial charge on any atom is 0.248 e. The van der Waals surface area contributed by atoms with Gasteiger partial charge in [-0.15, -0.1) is 0 Å². The molecule has 1 aromatic carbocycles. The van der Waals surface area contributed by atoms with Gasteiger partial charge >= 0.3 is 0 Å². The molecule has 6 nitrogen and oxygen atoms in total. The molecular weight excluding hydrogens is 248 g/mol. The van der Waals surface area contributed by atoms with E-state index in [9.17, 15) is 4.79 Å². The summed E-state index contributed by atoms with van der Waals surface area (Å²) in [5.41, 5.74) is 4.97. The highest BCUT2D eigenvalue weighted by Crippen LogP contribution is 2.23. The molecule has 3 N–H and O–H groups in total. The molecule has 6 heteroatoms. The van der Waals surface area contributed by atoms with E-state index in [1.165, 1.54) is 14.2 Å². The van der Waals surface area contributed by atoms with Crippen molar-refractivity contribution < 1.29 is 19.0 Å². The number of anilines is 1. The summed E-state index contributed by atoms with van der Waals surface area (Å²) in [6, 6.07) is 7.11. The van der Waals surface area contributed by atoms with Crippen LogP contribution in [0.25, 0.3) is 0 Å². The van der Waals surface area contributed by atoms with Crippen molar-refractivity contribution in [2.45, 2.75) is 18.8 Å². The van der Waals surface area contributed by atoms with Gasteiger partial charge in [0.15, 0.2) is 11.8 Å². The van der Waals surface area contributed by atoms with Crippen molar-refractivity contribution in [1.29, 1.82) is 0 Å². The Morgan fingerprint density at radius 3 is 2.11 bits per heavy atom. The maximum absolute atomic E-state index is 11.7. The lowest BCUT2D eigenvalue weighted by Gasteiger charge is -2.34. The van der Waals surface area contributed by atoms with Gasteiger partial charge < -0.3 is 25.3 Å². The SMILES string of the molecule is COc1ccc(NC(C)(C(N)=O)C(OC)OC)cc1. The number of hydrogen-bond acceptors (Lipinski definition) is 5. The van der Waals surface area contributed by atoms with Crippen LogP contribution in [0.15, 0.2) is 24.3 Å². The van der Waals surface area contributed by atoms with Crippen molar-refractivity contribution in [2.24, 2.45) is 5.73 Å². The number of ether oxygens (including phenoxy) is 3. The second kappa shape index (κ2) is 6.40. The van der Waals surface area contributed by atoms with E-state index in [4.69, 9.17) is 19.9 Å². The lowest BCUT2D eigenvalue weighted by atomic mass is 10.00. The van der Waals surface area contributed by atoms with Crippen molar-refractivity contribution in [3.8, 4) is 5.75 Å². The zero-order valence-electron chi connectivity index (χ0n) is 11.6. The van der Waals surface area contributed by atoms with Gasteiger partial charge in [-0.1, -0.05) is 0 Å². The molecule has 0 aliphatic heterocycles. The predicted molar refractivity (Wildman–Crippen MR) is 72.0 cm³/mol. The fourth-order valence-corrected chi connectivity index (χ4v) is 1.78. The number of carbonyl (C=O) groups excluding carboxylic acids is 1. The van der Waals surface area contributed by atoms with Crippen molar-refractivity contribution >= 4 is 11.6 Å². The molecule has 1 rings (SSSR count). The monoisotopic (exact) mass is 268 g/mol. The Morgan fingerprint density at radius 1 is 1.21 bits per heavy atom. The molecule has 0 heterocycles. The van der Waals surface area contributed by atoms with E-state index in [-0.39, 0.29) is 0 Å². The zero-order chi connectivity index (χ0) is 14.5. The summed E-state index contributed by atoms with van der Waals surface area (Å²) in [5, 5.41) is 3.03. The summed E-state index contributed by atoms with van der Waals surface area (Å²) < 4.78 is 15.3. The van der Waals surface area contributed by atoms with Gasteiger partial charge in [-0.3, -0.25) is 4.79 Å². The average Bonchev–Trinajstić information content (AvgIpc) is 2.40. The fourth-order valence-electron chi connectivity index (χ4n) is 1.78. The lowest BCUT2D eigenvalue weighted by molar-refractivity contribution is -0.155. The topological polar surface area (TPSA) is 82.8 Å². The third-order valence-electron chi connectivity index (χ3n) is 2.91. The number of methoxy groups -OCH3 is 3. The highest BCUT2D eigenvalue weighted by molar-refractivity contribution is 5.88. The smallest absolute Gasteiger partial charge is 0.248 e. The Labute approximate surface area is 112 Å². The molecule has 0 aliphatic carbocycles. The van der Waals surface area contributed by atoms with E-state index in [2.05, 4.69) is 5.32 Å². The summed E-state index contributed by atoms with van der Waals surface area (Å²) in [6.07, 6.45) is -0.799. The molecular formula is C13H20N2O4. The van der Waals surface area contributed by atoms with Crippen LogP contribution >= 0.6 is 0 Å². The Bertz CT molecular complexity index is 417. The van der Waals surface area contributed by atoms with Crippen LogP contribution in [0.3, 0.4) is 0 Å². The van der Waals surface area contributed by atoms with Crippen molar-refractivity contribution in [1.82, 2.24) is 0 Å². The minimum Gasteiger partial charge on any atom is -0.497 e. The third-order valence-corrected chi connectivity index (χ3v) is 2.91. The Hall–Kier alpha value is -1.79. The Balaban J connectivity index is 2.97. The van der Waals surface area contributed by atoms with Gasteiger partial charge in [0.1, 0.15) is 5.75 Å². The minimum absolute atomic E-state index is 0.572. The van der Waals surface area contributed by atoms with Crippen molar-refractivity contribution in [3.63, 3.8) is 0 Å². The number of rotatable bonds is 7. The molecule has 0 saturated heterocycles. The van der Waals surface area contributed by atoms with E-state index in [0.717, 1.165) is 5.75 Å². The first-order chi connectivity index (χ1) is 8.97. The highest BCUT2D eigenvalue weighted by atomic mass is 16.7.